The lowest BCUT2D eigenvalue weighted by molar-refractivity contribution is 0.414. The van der Waals surface area contributed by atoms with Crippen LogP contribution in [0.4, 0.5) is 0 Å². The van der Waals surface area contributed by atoms with Crippen molar-refractivity contribution in [1.82, 2.24) is 4.72 Å². The van der Waals surface area contributed by atoms with Crippen LogP contribution in [0.25, 0.3) is 11.1 Å². The molecular formula is C22H20ClNO3S. The predicted octanol–water partition coefficient (Wildman–Crippen LogP) is 4.85. The van der Waals surface area contributed by atoms with Crippen molar-refractivity contribution in [2.75, 3.05) is 7.11 Å². The summed E-state index contributed by atoms with van der Waals surface area (Å²) in [5, 5.41) is 0.669. The molecule has 0 saturated heterocycles. The highest BCUT2D eigenvalue weighted by atomic mass is 35.5. The van der Waals surface area contributed by atoms with Gasteiger partial charge in [-0.2, -0.15) is 0 Å². The van der Waals surface area contributed by atoms with E-state index in [0.717, 1.165) is 28.9 Å². The van der Waals surface area contributed by atoms with Crippen LogP contribution in [0.1, 0.15) is 17.9 Å². The number of rotatable bonds is 6. The molecule has 4 nitrogen and oxygen atoms in total. The quantitative estimate of drug-likeness (QED) is 0.628. The zero-order valence-electron chi connectivity index (χ0n) is 15.3. The number of halogens is 1. The molecule has 0 unspecified atom stereocenters. The zero-order valence-corrected chi connectivity index (χ0v) is 16.9. The first-order valence-corrected chi connectivity index (χ1v) is 10.8. The number of ether oxygens (including phenoxy) is 1. The van der Waals surface area contributed by atoms with Gasteiger partial charge in [-0.15, -0.1) is 0 Å². The molecular weight excluding hydrogens is 394 g/mol. The Bertz CT molecular complexity index is 1080. The monoisotopic (exact) mass is 413 g/mol. The first-order valence-electron chi connectivity index (χ1n) is 8.98. The fourth-order valence-electron chi connectivity index (χ4n) is 3.30. The summed E-state index contributed by atoms with van der Waals surface area (Å²) in [6.45, 7) is 0. The number of hydrogen-bond donors (Lipinski definition) is 1. The van der Waals surface area contributed by atoms with Gasteiger partial charge in [0.2, 0.25) is 10.0 Å². The molecule has 1 N–H and O–H groups in total. The maximum Gasteiger partial charge on any atom is 0.240 e. The Hall–Kier alpha value is -2.34. The fourth-order valence-corrected chi connectivity index (χ4v) is 4.72. The number of nitrogens with one attached hydrogen (secondary N) is 1. The van der Waals surface area contributed by atoms with Gasteiger partial charge in [-0.25, -0.2) is 13.1 Å². The standard InChI is InChI=1S/C22H20ClNO3S/c1-27-19-4-2-3-17(13-19)21-14-22(21)24-28(25,26)20-11-7-16(8-12-20)15-5-9-18(23)10-6-15/h2-13,21-22,24H,14H2,1H3/t21-,22+/m0/s1. The Kier molecular flexibility index (Phi) is 5.15. The van der Waals surface area contributed by atoms with Crippen molar-refractivity contribution in [3.05, 3.63) is 83.4 Å². The van der Waals surface area contributed by atoms with Crippen LogP contribution in [0.5, 0.6) is 5.75 Å². The van der Waals surface area contributed by atoms with Crippen LogP contribution in [0.15, 0.2) is 77.7 Å². The minimum Gasteiger partial charge on any atom is -0.497 e. The van der Waals surface area contributed by atoms with Crippen molar-refractivity contribution < 1.29 is 13.2 Å². The fraction of sp³-hybridized carbons (Fsp3) is 0.182. The van der Waals surface area contributed by atoms with E-state index < -0.39 is 10.0 Å². The van der Waals surface area contributed by atoms with E-state index in [-0.39, 0.29) is 16.9 Å². The summed E-state index contributed by atoms with van der Waals surface area (Å²) >= 11 is 5.92. The summed E-state index contributed by atoms with van der Waals surface area (Å²) < 4.78 is 33.5. The highest BCUT2D eigenvalue weighted by Crippen LogP contribution is 2.42. The molecule has 1 saturated carbocycles. The molecule has 28 heavy (non-hydrogen) atoms. The van der Waals surface area contributed by atoms with E-state index in [9.17, 15) is 8.42 Å². The predicted molar refractivity (Wildman–Crippen MR) is 111 cm³/mol. The Morgan fingerprint density at radius 1 is 0.964 bits per heavy atom. The van der Waals surface area contributed by atoms with Gasteiger partial charge < -0.3 is 4.74 Å². The van der Waals surface area contributed by atoms with Crippen molar-refractivity contribution in [1.29, 1.82) is 0 Å². The molecule has 3 aromatic rings. The topological polar surface area (TPSA) is 55.4 Å². The molecule has 6 heteroatoms. The maximum atomic E-state index is 12.7. The van der Waals surface area contributed by atoms with E-state index in [4.69, 9.17) is 16.3 Å². The molecule has 144 valence electrons. The van der Waals surface area contributed by atoms with Gasteiger partial charge in [0, 0.05) is 17.0 Å². The van der Waals surface area contributed by atoms with Gasteiger partial charge in [0.15, 0.2) is 0 Å². The first-order chi connectivity index (χ1) is 13.5. The van der Waals surface area contributed by atoms with E-state index >= 15 is 0 Å². The number of methoxy groups -OCH3 is 1. The Labute approximate surface area is 170 Å². The van der Waals surface area contributed by atoms with E-state index in [1.807, 2.05) is 60.7 Å². The largest absolute Gasteiger partial charge is 0.497 e. The third-order valence-corrected chi connectivity index (χ3v) is 6.72. The van der Waals surface area contributed by atoms with Crippen molar-refractivity contribution >= 4 is 21.6 Å². The van der Waals surface area contributed by atoms with E-state index in [0.29, 0.717) is 5.02 Å². The SMILES string of the molecule is COc1cccc([C@@H]2C[C@H]2NS(=O)(=O)c2ccc(-c3ccc(Cl)cc3)cc2)c1. The van der Waals surface area contributed by atoms with Gasteiger partial charge in [0.05, 0.1) is 12.0 Å². The van der Waals surface area contributed by atoms with Crippen LogP contribution in [0.2, 0.25) is 5.02 Å². The second-order valence-corrected chi connectivity index (χ2v) is 9.03. The van der Waals surface area contributed by atoms with Gasteiger partial charge in [-0.05, 0) is 59.5 Å². The summed E-state index contributed by atoms with van der Waals surface area (Å²) in [6.07, 6.45) is 0.787. The van der Waals surface area contributed by atoms with Crippen LogP contribution in [-0.2, 0) is 10.0 Å². The summed E-state index contributed by atoms with van der Waals surface area (Å²) in [7, 11) is -1.94. The highest BCUT2D eigenvalue weighted by Gasteiger charge is 2.41. The van der Waals surface area contributed by atoms with Crippen molar-refractivity contribution in [3.63, 3.8) is 0 Å². The van der Waals surface area contributed by atoms with E-state index in [2.05, 4.69) is 4.72 Å². The second kappa shape index (κ2) is 7.59. The number of hydrogen-bond acceptors (Lipinski definition) is 3. The Morgan fingerprint density at radius 3 is 2.25 bits per heavy atom. The van der Waals surface area contributed by atoms with Crippen molar-refractivity contribution in [2.24, 2.45) is 0 Å². The minimum absolute atomic E-state index is 0.0898. The first kappa shape index (κ1) is 19.0. The molecule has 1 aliphatic rings. The van der Waals surface area contributed by atoms with Crippen LogP contribution >= 0.6 is 11.6 Å². The van der Waals surface area contributed by atoms with Crippen LogP contribution in [0, 0.1) is 0 Å². The van der Waals surface area contributed by atoms with Gasteiger partial charge in [-0.3, -0.25) is 0 Å². The van der Waals surface area contributed by atoms with Crippen LogP contribution in [-0.4, -0.2) is 21.6 Å². The summed E-state index contributed by atoms with van der Waals surface area (Å²) in [6, 6.07) is 22.0. The average Bonchev–Trinajstić information content (AvgIpc) is 3.47. The third kappa shape index (κ3) is 4.07. The molecule has 0 amide bonds. The smallest absolute Gasteiger partial charge is 0.240 e. The molecule has 1 fully saturated rings. The average molecular weight is 414 g/mol. The molecule has 2 atom stereocenters. The van der Waals surface area contributed by atoms with Crippen LogP contribution < -0.4 is 9.46 Å². The highest BCUT2D eigenvalue weighted by molar-refractivity contribution is 7.89. The molecule has 0 bridgehead atoms. The van der Waals surface area contributed by atoms with E-state index in [1.54, 1.807) is 19.2 Å². The number of sulfonamides is 1. The lowest BCUT2D eigenvalue weighted by Crippen LogP contribution is -2.26. The van der Waals surface area contributed by atoms with Gasteiger partial charge in [0.25, 0.3) is 0 Å². The normalized spacial score (nSPS) is 18.6. The van der Waals surface area contributed by atoms with Gasteiger partial charge >= 0.3 is 0 Å². The minimum atomic E-state index is -3.56. The van der Waals surface area contributed by atoms with Crippen molar-refractivity contribution in [2.45, 2.75) is 23.3 Å². The maximum absolute atomic E-state index is 12.7. The van der Waals surface area contributed by atoms with Crippen molar-refractivity contribution in [3.8, 4) is 16.9 Å². The molecule has 0 aliphatic heterocycles. The molecule has 0 aromatic heterocycles. The van der Waals surface area contributed by atoms with Crippen LogP contribution in [0.3, 0.4) is 0 Å². The Balaban J connectivity index is 1.46. The molecule has 1 aliphatic carbocycles. The molecule has 4 rings (SSSR count). The third-order valence-electron chi connectivity index (χ3n) is 4.96. The summed E-state index contributed by atoms with van der Waals surface area (Å²) in [5.74, 6) is 0.960. The summed E-state index contributed by atoms with van der Waals surface area (Å²) in [4.78, 5) is 0.265. The van der Waals surface area contributed by atoms with Gasteiger partial charge in [0.1, 0.15) is 5.75 Å². The summed E-state index contributed by atoms with van der Waals surface area (Å²) in [5.41, 5.74) is 3.02. The lowest BCUT2D eigenvalue weighted by Gasteiger charge is -2.09. The Morgan fingerprint density at radius 2 is 1.61 bits per heavy atom. The molecule has 3 aromatic carbocycles. The molecule has 0 radical (unpaired) electrons. The van der Waals surface area contributed by atoms with Gasteiger partial charge in [-0.1, -0.05) is 48.0 Å². The molecule has 0 heterocycles. The molecule has 0 spiro atoms. The number of benzene rings is 3. The second-order valence-electron chi connectivity index (χ2n) is 6.88. The lowest BCUT2D eigenvalue weighted by atomic mass is 10.1. The zero-order chi connectivity index (χ0) is 19.7. The van der Waals surface area contributed by atoms with E-state index in [1.165, 1.54) is 0 Å².